The predicted octanol–water partition coefficient (Wildman–Crippen LogP) is 3.71. The highest BCUT2D eigenvalue weighted by atomic mass is 19.4. The zero-order valence-electron chi connectivity index (χ0n) is 11.5. The second-order valence-corrected chi connectivity index (χ2v) is 4.61. The monoisotopic (exact) mass is 337 g/mol. The van der Waals surface area contributed by atoms with Crippen molar-refractivity contribution in [3.63, 3.8) is 0 Å². The molecular weight excluding hydrogens is 328 g/mol. The van der Waals surface area contributed by atoms with Gasteiger partial charge in [0.05, 0.1) is 11.1 Å². The van der Waals surface area contributed by atoms with Crippen LogP contribution in [-0.2, 0) is 19.4 Å². The lowest BCUT2D eigenvalue weighted by molar-refractivity contribution is -0.143. The molecule has 124 valence electrons. The number of halogens is 6. The Balaban J connectivity index is 2.45. The minimum atomic E-state index is -5.01. The molecule has 1 aromatic heterocycles. The lowest BCUT2D eigenvalue weighted by Crippen LogP contribution is -2.18. The van der Waals surface area contributed by atoms with E-state index in [9.17, 15) is 31.1 Å². The predicted molar refractivity (Wildman–Crippen MR) is 67.6 cm³/mol. The second kappa shape index (κ2) is 5.60. The summed E-state index contributed by atoms with van der Waals surface area (Å²) in [6.45, 7) is 0. The van der Waals surface area contributed by atoms with E-state index in [-0.39, 0.29) is 12.0 Å². The third-order valence-electron chi connectivity index (χ3n) is 2.90. The van der Waals surface area contributed by atoms with Crippen molar-refractivity contribution in [2.45, 2.75) is 12.4 Å². The molecule has 2 rings (SSSR count). The minimum absolute atomic E-state index is 0.0130. The number of carbonyl (C=O) groups excluding carboxylic acids is 1. The van der Waals surface area contributed by atoms with Crippen LogP contribution in [0.1, 0.15) is 21.5 Å². The van der Waals surface area contributed by atoms with Gasteiger partial charge in [-0.05, 0) is 18.2 Å². The van der Waals surface area contributed by atoms with Gasteiger partial charge in [0.1, 0.15) is 0 Å². The fourth-order valence-electron chi connectivity index (χ4n) is 1.75. The number of anilines is 1. The van der Waals surface area contributed by atoms with Gasteiger partial charge in [-0.3, -0.25) is 10.1 Å². The molecule has 10 heteroatoms. The van der Waals surface area contributed by atoms with Crippen LogP contribution in [0.2, 0.25) is 0 Å². The third-order valence-corrected chi connectivity index (χ3v) is 2.90. The molecule has 1 heterocycles. The van der Waals surface area contributed by atoms with Gasteiger partial charge in [-0.15, -0.1) is 0 Å². The van der Waals surface area contributed by atoms with Gasteiger partial charge in [0.2, 0.25) is 5.95 Å². The Morgan fingerprint density at radius 1 is 1.04 bits per heavy atom. The first-order valence-electron chi connectivity index (χ1n) is 6.06. The van der Waals surface area contributed by atoms with E-state index in [4.69, 9.17) is 0 Å². The lowest BCUT2D eigenvalue weighted by Gasteiger charge is -2.14. The molecule has 0 aliphatic rings. The molecule has 0 radical (unpaired) electrons. The fourth-order valence-corrected chi connectivity index (χ4v) is 1.75. The minimum Gasteiger partial charge on any atom is -0.320 e. The molecule has 0 aliphatic carbocycles. The molecule has 0 atom stereocenters. The molecule has 2 aromatic rings. The van der Waals surface area contributed by atoms with Crippen LogP contribution in [0.3, 0.4) is 0 Å². The largest absolute Gasteiger partial charge is 0.416 e. The summed E-state index contributed by atoms with van der Waals surface area (Å²) in [7, 11) is 1.50. The van der Waals surface area contributed by atoms with Gasteiger partial charge < -0.3 is 4.57 Å². The molecule has 1 amide bonds. The Bertz CT molecular complexity index is 700. The molecule has 0 saturated carbocycles. The molecular formula is C13H9F6N3O. The van der Waals surface area contributed by atoms with Crippen molar-refractivity contribution in [1.29, 1.82) is 0 Å². The summed E-state index contributed by atoms with van der Waals surface area (Å²) in [5, 5.41) is 2.14. The van der Waals surface area contributed by atoms with Crippen molar-refractivity contribution in [1.82, 2.24) is 9.55 Å². The van der Waals surface area contributed by atoms with Gasteiger partial charge in [0, 0.05) is 25.0 Å². The number of alkyl halides is 6. The summed E-state index contributed by atoms with van der Waals surface area (Å²) in [6, 6.07) is 0.665. The highest BCUT2D eigenvalue weighted by molar-refractivity contribution is 6.03. The van der Waals surface area contributed by atoms with Gasteiger partial charge in [0.15, 0.2) is 0 Å². The van der Waals surface area contributed by atoms with E-state index in [0.29, 0.717) is 12.1 Å². The highest BCUT2D eigenvalue weighted by Gasteiger charge is 2.37. The lowest BCUT2D eigenvalue weighted by atomic mass is 10.0. The van der Waals surface area contributed by atoms with Crippen molar-refractivity contribution >= 4 is 11.9 Å². The first kappa shape index (κ1) is 16.8. The van der Waals surface area contributed by atoms with E-state index in [1.165, 1.54) is 24.0 Å². The van der Waals surface area contributed by atoms with E-state index in [1.54, 1.807) is 0 Å². The standard InChI is InChI=1S/C13H9F6N3O/c1-22-3-2-20-11(22)21-10(23)7-4-8(12(14,15)16)6-9(5-7)13(17,18)19/h2-6H,1H3,(H,20,21,23). The molecule has 1 aromatic carbocycles. The van der Waals surface area contributed by atoms with Crippen LogP contribution < -0.4 is 5.32 Å². The van der Waals surface area contributed by atoms with E-state index in [1.807, 2.05) is 0 Å². The Kier molecular flexibility index (Phi) is 4.10. The van der Waals surface area contributed by atoms with Crippen molar-refractivity contribution in [3.05, 3.63) is 47.3 Å². The number of amides is 1. The van der Waals surface area contributed by atoms with Crippen LogP contribution in [0.5, 0.6) is 0 Å². The van der Waals surface area contributed by atoms with Gasteiger partial charge in [0.25, 0.3) is 5.91 Å². The van der Waals surface area contributed by atoms with E-state index < -0.39 is 35.0 Å². The topological polar surface area (TPSA) is 46.9 Å². The quantitative estimate of drug-likeness (QED) is 0.849. The molecule has 23 heavy (non-hydrogen) atoms. The molecule has 1 N–H and O–H groups in total. The van der Waals surface area contributed by atoms with Gasteiger partial charge in [-0.25, -0.2) is 4.98 Å². The van der Waals surface area contributed by atoms with Crippen LogP contribution in [0.15, 0.2) is 30.6 Å². The summed E-state index contributed by atoms with van der Waals surface area (Å²) in [4.78, 5) is 15.6. The molecule has 0 saturated heterocycles. The first-order valence-corrected chi connectivity index (χ1v) is 6.06. The summed E-state index contributed by atoms with van der Waals surface area (Å²) in [5.41, 5.74) is -3.88. The molecule has 0 bridgehead atoms. The number of benzene rings is 1. The number of aryl methyl sites for hydroxylation is 1. The first-order chi connectivity index (χ1) is 10.5. The number of aromatic nitrogens is 2. The van der Waals surface area contributed by atoms with Crippen LogP contribution >= 0.6 is 0 Å². The van der Waals surface area contributed by atoms with Crippen molar-refractivity contribution in [3.8, 4) is 0 Å². The maximum Gasteiger partial charge on any atom is 0.416 e. The SMILES string of the molecule is Cn1ccnc1NC(=O)c1cc(C(F)(F)F)cc(C(F)(F)F)c1. The normalized spacial score (nSPS) is 12.3. The number of imidazole rings is 1. The highest BCUT2D eigenvalue weighted by Crippen LogP contribution is 2.36. The Labute approximate surface area is 125 Å². The van der Waals surface area contributed by atoms with Crippen LogP contribution in [0.4, 0.5) is 32.3 Å². The van der Waals surface area contributed by atoms with Gasteiger partial charge in [-0.1, -0.05) is 0 Å². The average molecular weight is 337 g/mol. The molecule has 0 unspecified atom stereocenters. The maximum absolute atomic E-state index is 12.7. The van der Waals surface area contributed by atoms with Crippen molar-refractivity contribution in [2.75, 3.05) is 5.32 Å². The number of carbonyl (C=O) groups is 1. The van der Waals surface area contributed by atoms with Crippen LogP contribution in [0.25, 0.3) is 0 Å². The van der Waals surface area contributed by atoms with E-state index in [0.717, 1.165) is 0 Å². The smallest absolute Gasteiger partial charge is 0.320 e. The third kappa shape index (κ3) is 3.82. The Hall–Kier alpha value is -2.52. The number of hydrogen-bond donors (Lipinski definition) is 1. The van der Waals surface area contributed by atoms with Crippen LogP contribution in [-0.4, -0.2) is 15.5 Å². The molecule has 0 fully saturated rings. The Morgan fingerprint density at radius 3 is 1.96 bits per heavy atom. The summed E-state index contributed by atoms with van der Waals surface area (Å²) in [6.07, 6.45) is -7.27. The van der Waals surface area contributed by atoms with E-state index in [2.05, 4.69) is 10.3 Å². The summed E-state index contributed by atoms with van der Waals surface area (Å²) in [5.74, 6) is -1.14. The molecule has 0 spiro atoms. The average Bonchev–Trinajstić information content (AvgIpc) is 2.82. The molecule has 0 aliphatic heterocycles. The second-order valence-electron chi connectivity index (χ2n) is 4.61. The maximum atomic E-state index is 12.7. The Morgan fingerprint density at radius 2 is 1.57 bits per heavy atom. The number of nitrogens with zero attached hydrogens (tertiary/aromatic N) is 2. The number of rotatable bonds is 2. The summed E-state index contributed by atoms with van der Waals surface area (Å²) >= 11 is 0. The van der Waals surface area contributed by atoms with Gasteiger partial charge in [-0.2, -0.15) is 26.3 Å². The number of nitrogens with one attached hydrogen (secondary N) is 1. The van der Waals surface area contributed by atoms with Crippen molar-refractivity contribution in [2.24, 2.45) is 7.05 Å². The van der Waals surface area contributed by atoms with Gasteiger partial charge >= 0.3 is 12.4 Å². The number of hydrogen-bond acceptors (Lipinski definition) is 2. The van der Waals surface area contributed by atoms with E-state index >= 15 is 0 Å². The fraction of sp³-hybridized carbons (Fsp3) is 0.231. The molecule has 4 nitrogen and oxygen atoms in total. The zero-order valence-corrected chi connectivity index (χ0v) is 11.5. The van der Waals surface area contributed by atoms with Crippen molar-refractivity contribution < 1.29 is 31.1 Å². The van der Waals surface area contributed by atoms with Crippen LogP contribution in [0, 0.1) is 0 Å². The summed E-state index contributed by atoms with van der Waals surface area (Å²) < 4.78 is 77.7. The zero-order chi connectivity index (χ0) is 17.4.